The van der Waals surface area contributed by atoms with Crippen LogP contribution < -0.4 is 0 Å². The van der Waals surface area contributed by atoms with Crippen molar-refractivity contribution in [3.63, 3.8) is 0 Å². The second-order valence-corrected chi connectivity index (χ2v) is 14.2. The van der Waals surface area contributed by atoms with Crippen LogP contribution in [0.25, 0.3) is 11.1 Å². The molecule has 0 N–H and O–H groups in total. The molecule has 0 spiro atoms. The van der Waals surface area contributed by atoms with Crippen molar-refractivity contribution in [3.05, 3.63) is 150 Å². The van der Waals surface area contributed by atoms with Crippen molar-refractivity contribution in [2.45, 2.75) is 40.2 Å². The van der Waals surface area contributed by atoms with Crippen molar-refractivity contribution >= 4 is 33.2 Å². The molecule has 0 aromatic heterocycles. The Morgan fingerprint density at radius 1 is 0.571 bits per heavy atom. The lowest BCUT2D eigenvalue weighted by molar-refractivity contribution is 0.0953. The second kappa shape index (κ2) is 11.9. The molecule has 0 saturated carbocycles. The standard InChI is InChI=1S/C36H30O4S2/c1-25-9-23-33(24-10-25)42(39,40)36(2,3)35(38)30-17-21-32(22-18-30)41-31-19-15-29(16-20-31)34(37)28-13-11-27(12-14-28)26-7-5-4-6-8-26/h4-24H,1-3H3. The van der Waals surface area contributed by atoms with E-state index in [9.17, 15) is 18.0 Å². The maximum Gasteiger partial charge on any atom is 0.193 e. The molecule has 0 unspecified atom stereocenters. The molecule has 0 saturated heterocycles. The van der Waals surface area contributed by atoms with Gasteiger partial charge in [0.2, 0.25) is 0 Å². The van der Waals surface area contributed by atoms with E-state index in [4.69, 9.17) is 0 Å². The first-order valence-corrected chi connectivity index (χ1v) is 15.8. The zero-order chi connectivity index (χ0) is 29.9. The first kappa shape index (κ1) is 29.2. The van der Waals surface area contributed by atoms with Gasteiger partial charge in [0.15, 0.2) is 21.4 Å². The van der Waals surface area contributed by atoms with E-state index in [-0.39, 0.29) is 10.7 Å². The first-order valence-electron chi connectivity index (χ1n) is 13.5. The van der Waals surface area contributed by atoms with Gasteiger partial charge in [0.1, 0.15) is 4.75 Å². The average molecular weight is 591 g/mol. The average Bonchev–Trinajstić information content (AvgIpc) is 3.02. The van der Waals surface area contributed by atoms with Crippen LogP contribution in [0.15, 0.2) is 142 Å². The number of aryl methyl sites for hydroxylation is 1. The third-order valence-corrected chi connectivity index (χ3v) is 10.7. The summed E-state index contributed by atoms with van der Waals surface area (Å²) in [5, 5.41) is 0. The van der Waals surface area contributed by atoms with Gasteiger partial charge in [0, 0.05) is 26.5 Å². The van der Waals surface area contributed by atoms with Gasteiger partial charge in [-0.05, 0) is 80.4 Å². The number of hydrogen-bond donors (Lipinski definition) is 0. The number of Topliss-reactive ketones (excluding diaryl/α,β-unsaturated/α-hetero) is 1. The Hall–Kier alpha value is -4.26. The summed E-state index contributed by atoms with van der Waals surface area (Å²) < 4.78 is 24.9. The van der Waals surface area contributed by atoms with Crippen LogP contribution in [0.3, 0.4) is 0 Å². The zero-order valence-electron chi connectivity index (χ0n) is 23.6. The molecule has 4 nitrogen and oxygen atoms in total. The van der Waals surface area contributed by atoms with Gasteiger partial charge in [-0.15, -0.1) is 0 Å². The van der Waals surface area contributed by atoms with Crippen molar-refractivity contribution in [1.29, 1.82) is 0 Å². The number of benzene rings is 5. The van der Waals surface area contributed by atoms with E-state index < -0.39 is 20.4 Å². The minimum atomic E-state index is -3.89. The number of carbonyl (C=O) groups is 2. The van der Waals surface area contributed by atoms with Gasteiger partial charge in [-0.25, -0.2) is 8.42 Å². The minimum Gasteiger partial charge on any atom is -0.292 e. The summed E-state index contributed by atoms with van der Waals surface area (Å²) in [6, 6.07) is 38.5. The topological polar surface area (TPSA) is 68.3 Å². The summed E-state index contributed by atoms with van der Waals surface area (Å²) in [7, 11) is -3.89. The van der Waals surface area contributed by atoms with E-state index in [0.29, 0.717) is 16.7 Å². The van der Waals surface area contributed by atoms with E-state index in [1.165, 1.54) is 25.6 Å². The van der Waals surface area contributed by atoms with E-state index in [2.05, 4.69) is 0 Å². The fourth-order valence-corrected chi connectivity index (χ4v) is 6.84. The fraction of sp³-hybridized carbons (Fsp3) is 0.111. The highest BCUT2D eigenvalue weighted by atomic mass is 32.2. The third kappa shape index (κ3) is 6.01. The quantitative estimate of drug-likeness (QED) is 0.161. The number of rotatable bonds is 9. The van der Waals surface area contributed by atoms with Crippen LogP contribution in [-0.4, -0.2) is 24.7 Å². The summed E-state index contributed by atoms with van der Waals surface area (Å²) in [5.41, 5.74) is 4.67. The van der Waals surface area contributed by atoms with Crippen molar-refractivity contribution in [3.8, 4) is 11.1 Å². The molecule has 0 fully saturated rings. The van der Waals surface area contributed by atoms with Crippen molar-refractivity contribution < 1.29 is 18.0 Å². The molecule has 0 aliphatic carbocycles. The van der Waals surface area contributed by atoms with E-state index in [1.54, 1.807) is 48.5 Å². The van der Waals surface area contributed by atoms with Crippen LogP contribution in [0, 0.1) is 6.92 Å². The third-order valence-electron chi connectivity index (χ3n) is 7.27. The lowest BCUT2D eigenvalue weighted by atomic mass is 9.99. The highest BCUT2D eigenvalue weighted by Crippen LogP contribution is 2.32. The highest BCUT2D eigenvalue weighted by Gasteiger charge is 2.43. The molecular formula is C36H30O4S2. The Kier molecular flexibility index (Phi) is 8.30. The van der Waals surface area contributed by atoms with Gasteiger partial charge in [-0.3, -0.25) is 9.59 Å². The molecule has 6 heteroatoms. The van der Waals surface area contributed by atoms with Crippen molar-refractivity contribution in [2.75, 3.05) is 0 Å². The van der Waals surface area contributed by atoms with E-state index in [1.807, 2.05) is 85.8 Å². The van der Waals surface area contributed by atoms with Crippen molar-refractivity contribution in [1.82, 2.24) is 0 Å². The van der Waals surface area contributed by atoms with Gasteiger partial charge < -0.3 is 0 Å². The Morgan fingerprint density at radius 3 is 1.55 bits per heavy atom. The number of ketones is 2. The molecule has 0 bridgehead atoms. The lowest BCUT2D eigenvalue weighted by Crippen LogP contribution is -2.40. The first-order chi connectivity index (χ1) is 20.1. The van der Waals surface area contributed by atoms with E-state index in [0.717, 1.165) is 26.5 Å². The monoisotopic (exact) mass is 590 g/mol. The van der Waals surface area contributed by atoms with Gasteiger partial charge >= 0.3 is 0 Å². The van der Waals surface area contributed by atoms with Gasteiger partial charge in [-0.2, -0.15) is 0 Å². The van der Waals surface area contributed by atoms with Gasteiger partial charge in [0.25, 0.3) is 0 Å². The Labute approximate surface area is 251 Å². The number of carbonyl (C=O) groups excluding carboxylic acids is 2. The molecule has 5 rings (SSSR count). The lowest BCUT2D eigenvalue weighted by Gasteiger charge is -2.23. The minimum absolute atomic E-state index is 0.0442. The van der Waals surface area contributed by atoms with Crippen LogP contribution in [0.5, 0.6) is 0 Å². The van der Waals surface area contributed by atoms with Crippen LogP contribution in [0.4, 0.5) is 0 Å². The summed E-state index contributed by atoms with van der Waals surface area (Å²) in [5.74, 6) is -0.503. The van der Waals surface area contributed by atoms with Crippen LogP contribution in [0.1, 0.15) is 45.7 Å². The van der Waals surface area contributed by atoms with Crippen LogP contribution in [-0.2, 0) is 9.84 Å². The molecule has 5 aromatic carbocycles. The molecule has 0 aliphatic rings. The molecule has 0 atom stereocenters. The van der Waals surface area contributed by atoms with E-state index >= 15 is 0 Å². The predicted molar refractivity (Wildman–Crippen MR) is 169 cm³/mol. The molecule has 210 valence electrons. The van der Waals surface area contributed by atoms with Gasteiger partial charge in [-0.1, -0.05) is 96.2 Å². The summed E-state index contributed by atoms with van der Waals surface area (Å²) in [4.78, 5) is 28.3. The molecule has 5 aromatic rings. The SMILES string of the molecule is Cc1ccc(S(=O)(=O)C(C)(C)C(=O)c2ccc(Sc3ccc(C(=O)c4ccc(-c5ccccc5)cc4)cc3)cc2)cc1. The number of hydrogen-bond acceptors (Lipinski definition) is 5. The number of sulfone groups is 1. The van der Waals surface area contributed by atoms with Gasteiger partial charge in [0.05, 0.1) is 4.90 Å². The smallest absolute Gasteiger partial charge is 0.193 e. The molecule has 0 radical (unpaired) electrons. The predicted octanol–water partition coefficient (Wildman–Crippen LogP) is 8.48. The molecular weight excluding hydrogens is 561 g/mol. The fourth-order valence-electron chi connectivity index (χ4n) is 4.58. The molecule has 0 aliphatic heterocycles. The van der Waals surface area contributed by atoms with Crippen LogP contribution in [0.2, 0.25) is 0 Å². The van der Waals surface area contributed by atoms with Crippen LogP contribution >= 0.6 is 11.8 Å². The maximum atomic E-state index is 13.3. The molecule has 0 heterocycles. The maximum absolute atomic E-state index is 13.3. The zero-order valence-corrected chi connectivity index (χ0v) is 25.2. The molecule has 0 amide bonds. The Bertz CT molecular complexity index is 1820. The Morgan fingerprint density at radius 2 is 1.02 bits per heavy atom. The summed E-state index contributed by atoms with van der Waals surface area (Å²) in [6.45, 7) is 4.79. The summed E-state index contributed by atoms with van der Waals surface area (Å²) >= 11 is 1.49. The summed E-state index contributed by atoms with van der Waals surface area (Å²) in [6.07, 6.45) is 0. The normalized spacial score (nSPS) is 11.7. The second-order valence-electron chi connectivity index (χ2n) is 10.6. The highest BCUT2D eigenvalue weighted by molar-refractivity contribution is 7.99. The van der Waals surface area contributed by atoms with Crippen molar-refractivity contribution in [2.24, 2.45) is 0 Å². The largest absolute Gasteiger partial charge is 0.292 e. The molecule has 42 heavy (non-hydrogen) atoms. The Balaban J connectivity index is 1.25.